The van der Waals surface area contributed by atoms with Crippen molar-refractivity contribution in [2.45, 2.75) is 213 Å². The van der Waals surface area contributed by atoms with Crippen LogP contribution in [-0.4, -0.2) is 48.4 Å². The van der Waals surface area contributed by atoms with Crippen LogP contribution in [-0.2, 0) is 28.6 Å². The van der Waals surface area contributed by atoms with Crippen molar-refractivity contribution >= 4 is 17.9 Å². The van der Waals surface area contributed by atoms with Crippen LogP contribution in [0, 0.1) is 0 Å². The molecule has 0 aliphatic rings. The summed E-state index contributed by atoms with van der Waals surface area (Å²) in [5.41, 5.74) is 0. The summed E-state index contributed by atoms with van der Waals surface area (Å²) >= 11 is 0. The highest BCUT2D eigenvalue weighted by molar-refractivity contribution is 5.74. The molecule has 0 aliphatic heterocycles. The summed E-state index contributed by atoms with van der Waals surface area (Å²) < 4.78 is 15.8. The molecule has 1 N–H and O–H groups in total. The van der Waals surface area contributed by atoms with Gasteiger partial charge < -0.3 is 19.3 Å². The second kappa shape index (κ2) is 33.7. The number of ether oxygens (including phenoxy) is 3. The maximum atomic E-state index is 12.2. The molecule has 0 aromatic carbocycles. The summed E-state index contributed by atoms with van der Waals surface area (Å²) in [6.07, 6.45) is 30.5. The minimum atomic E-state index is -1.31. The van der Waals surface area contributed by atoms with Crippen LogP contribution in [0.1, 0.15) is 201 Å². The number of hydrogen-bond acceptors (Lipinski definition) is 7. The molecule has 1 unspecified atom stereocenters. The summed E-state index contributed by atoms with van der Waals surface area (Å²) in [6, 6.07) is 0. The molecule has 0 amide bonds. The molecule has 7 heteroatoms. The lowest BCUT2D eigenvalue weighted by atomic mass is 10.0. The number of aliphatic hydroxyl groups excluding tert-OH is 1. The van der Waals surface area contributed by atoms with Crippen LogP contribution in [0.4, 0.5) is 0 Å². The van der Waals surface area contributed by atoms with Gasteiger partial charge >= 0.3 is 17.9 Å². The van der Waals surface area contributed by atoms with Crippen molar-refractivity contribution in [3.8, 4) is 0 Å². The highest BCUT2D eigenvalue weighted by atomic mass is 16.6. The van der Waals surface area contributed by atoms with Crippen LogP contribution in [0.15, 0.2) is 0 Å². The predicted molar refractivity (Wildman–Crippen MR) is 184 cm³/mol. The summed E-state index contributed by atoms with van der Waals surface area (Å²) in [5, 5.41) is 9.51. The van der Waals surface area contributed by atoms with Crippen molar-refractivity contribution in [3.63, 3.8) is 0 Å². The minimum Gasteiger partial charge on any atom is -0.462 e. The molecule has 0 fully saturated rings. The van der Waals surface area contributed by atoms with Gasteiger partial charge in [0.2, 0.25) is 0 Å². The minimum absolute atomic E-state index is 0.193. The number of carbonyl (C=O) groups is 3. The fraction of sp³-hybridized carbons (Fsp3) is 0.921. The second-order valence-electron chi connectivity index (χ2n) is 13.1. The maximum Gasteiger partial charge on any atom is 0.335 e. The Hall–Kier alpha value is -1.63. The van der Waals surface area contributed by atoms with E-state index in [1.54, 1.807) is 0 Å². The van der Waals surface area contributed by atoms with Gasteiger partial charge in [0.05, 0.1) is 0 Å². The fourth-order valence-corrected chi connectivity index (χ4v) is 5.47. The van der Waals surface area contributed by atoms with Gasteiger partial charge in [-0.2, -0.15) is 0 Å². The van der Waals surface area contributed by atoms with Crippen LogP contribution in [0.5, 0.6) is 0 Å². The molecule has 0 aromatic heterocycles. The van der Waals surface area contributed by atoms with Gasteiger partial charge in [-0.05, 0) is 19.8 Å². The molecule has 0 heterocycles. The van der Waals surface area contributed by atoms with Gasteiger partial charge in [0, 0.05) is 12.8 Å². The molecule has 1 atom stereocenters. The first-order valence-corrected chi connectivity index (χ1v) is 19.1. The Kier molecular flexibility index (Phi) is 32.5. The molecule has 0 saturated carbocycles. The fourth-order valence-electron chi connectivity index (χ4n) is 5.47. The average molecular weight is 641 g/mol. The third-order valence-corrected chi connectivity index (χ3v) is 8.45. The Balaban J connectivity index is 3.93. The molecule has 7 nitrogen and oxygen atoms in total. The topological polar surface area (TPSA) is 99.1 Å². The zero-order valence-corrected chi connectivity index (χ0v) is 29.8. The van der Waals surface area contributed by atoms with Gasteiger partial charge in [0.1, 0.15) is 19.3 Å². The standard InChI is InChI=1S/C38H72O7/c1-4-6-8-10-12-14-16-18-20-22-24-26-28-30-36(40)43-32-35(45-38(42)34(3)39)33-44-37(41)31-29-27-25-23-21-19-17-15-13-11-9-7-5-2/h34-35,39H,4-33H2,1-3H3. The predicted octanol–water partition coefficient (Wildman–Crippen LogP) is 10.3. The van der Waals surface area contributed by atoms with Gasteiger partial charge in [-0.3, -0.25) is 9.59 Å². The van der Waals surface area contributed by atoms with E-state index in [0.29, 0.717) is 12.8 Å². The first-order valence-electron chi connectivity index (χ1n) is 19.1. The van der Waals surface area contributed by atoms with E-state index in [-0.39, 0.29) is 25.2 Å². The van der Waals surface area contributed by atoms with E-state index >= 15 is 0 Å². The van der Waals surface area contributed by atoms with Crippen LogP contribution < -0.4 is 0 Å². The van der Waals surface area contributed by atoms with Crippen molar-refractivity contribution in [2.24, 2.45) is 0 Å². The molecule has 45 heavy (non-hydrogen) atoms. The Bertz CT molecular complexity index is 633. The third-order valence-electron chi connectivity index (χ3n) is 8.45. The molecular formula is C38H72O7. The van der Waals surface area contributed by atoms with Crippen LogP contribution >= 0.6 is 0 Å². The largest absolute Gasteiger partial charge is 0.462 e. The summed E-state index contributed by atoms with van der Waals surface area (Å²) in [6.45, 7) is 5.42. The zero-order valence-electron chi connectivity index (χ0n) is 29.8. The van der Waals surface area contributed by atoms with E-state index in [9.17, 15) is 19.5 Å². The van der Waals surface area contributed by atoms with Crippen molar-refractivity contribution in [2.75, 3.05) is 13.2 Å². The van der Waals surface area contributed by atoms with Crippen molar-refractivity contribution < 1.29 is 33.7 Å². The van der Waals surface area contributed by atoms with Crippen molar-refractivity contribution in [1.29, 1.82) is 0 Å². The van der Waals surface area contributed by atoms with Crippen LogP contribution in [0.3, 0.4) is 0 Å². The highest BCUT2D eigenvalue weighted by Crippen LogP contribution is 2.15. The van der Waals surface area contributed by atoms with Crippen molar-refractivity contribution in [3.05, 3.63) is 0 Å². The van der Waals surface area contributed by atoms with E-state index in [1.165, 1.54) is 135 Å². The Labute approximate surface area is 277 Å². The number of unbranched alkanes of at least 4 members (excludes halogenated alkanes) is 24. The van der Waals surface area contributed by atoms with E-state index in [4.69, 9.17) is 14.2 Å². The van der Waals surface area contributed by atoms with E-state index in [0.717, 1.165) is 38.5 Å². The van der Waals surface area contributed by atoms with E-state index in [1.807, 2.05) is 0 Å². The molecule has 266 valence electrons. The monoisotopic (exact) mass is 641 g/mol. The summed E-state index contributed by atoms with van der Waals surface area (Å²) in [5.74, 6) is -1.54. The summed E-state index contributed by atoms with van der Waals surface area (Å²) in [4.78, 5) is 36.4. The van der Waals surface area contributed by atoms with Gasteiger partial charge in [0.25, 0.3) is 0 Å². The first-order chi connectivity index (χ1) is 21.9. The number of carbonyl (C=O) groups excluding carboxylic acids is 3. The van der Waals surface area contributed by atoms with E-state index in [2.05, 4.69) is 13.8 Å². The molecule has 0 spiro atoms. The van der Waals surface area contributed by atoms with E-state index < -0.39 is 18.2 Å². The molecular weight excluding hydrogens is 568 g/mol. The quantitative estimate of drug-likeness (QED) is 0.0424. The number of aliphatic hydroxyl groups is 1. The molecule has 0 aromatic rings. The van der Waals surface area contributed by atoms with Crippen LogP contribution in [0.2, 0.25) is 0 Å². The van der Waals surface area contributed by atoms with Gasteiger partial charge in [0.15, 0.2) is 6.10 Å². The number of esters is 3. The maximum absolute atomic E-state index is 12.2. The lowest BCUT2D eigenvalue weighted by molar-refractivity contribution is -0.172. The molecule has 0 rings (SSSR count). The molecule has 0 saturated heterocycles. The van der Waals surface area contributed by atoms with Gasteiger partial charge in [-0.25, -0.2) is 4.79 Å². The third kappa shape index (κ3) is 32.1. The SMILES string of the molecule is CCCCCCCCCCCCCCCC(=O)OCC(COC(=O)CCCCCCCCCCCCCCC)OC(=O)C(C)O. The average Bonchev–Trinajstić information content (AvgIpc) is 3.02. The molecule has 0 bridgehead atoms. The Morgan fingerprint density at radius 1 is 0.467 bits per heavy atom. The lowest BCUT2D eigenvalue weighted by Gasteiger charge is -2.19. The number of rotatable bonds is 34. The molecule has 0 radical (unpaired) electrons. The lowest BCUT2D eigenvalue weighted by Crippen LogP contribution is -2.34. The van der Waals surface area contributed by atoms with Gasteiger partial charge in [-0.1, -0.05) is 168 Å². The smallest absolute Gasteiger partial charge is 0.335 e. The zero-order chi connectivity index (χ0) is 33.2. The Morgan fingerprint density at radius 3 is 1.00 bits per heavy atom. The normalized spacial score (nSPS) is 11.9. The Morgan fingerprint density at radius 2 is 0.733 bits per heavy atom. The van der Waals surface area contributed by atoms with Crippen molar-refractivity contribution in [1.82, 2.24) is 0 Å². The highest BCUT2D eigenvalue weighted by Gasteiger charge is 2.21. The summed E-state index contributed by atoms with van der Waals surface area (Å²) in [7, 11) is 0. The second-order valence-corrected chi connectivity index (χ2v) is 13.1. The number of hydrogen-bond donors (Lipinski definition) is 1. The first kappa shape index (κ1) is 43.4. The van der Waals surface area contributed by atoms with Crippen LogP contribution in [0.25, 0.3) is 0 Å². The molecule has 0 aliphatic carbocycles. The van der Waals surface area contributed by atoms with Gasteiger partial charge in [-0.15, -0.1) is 0 Å².